The zero-order valence-corrected chi connectivity index (χ0v) is 10.5. The number of nitrogens with zero attached hydrogens (tertiary/aromatic N) is 1. The van der Waals surface area contributed by atoms with E-state index < -0.39 is 0 Å². The molecule has 2 aromatic rings. The molecule has 1 fully saturated rings. The van der Waals surface area contributed by atoms with Gasteiger partial charge in [-0.25, -0.2) is 0 Å². The highest BCUT2D eigenvalue weighted by molar-refractivity contribution is 6.35. The number of aromatic nitrogens is 1. The summed E-state index contributed by atoms with van der Waals surface area (Å²) in [5, 5.41) is 5.39. The third-order valence-corrected chi connectivity index (χ3v) is 3.74. The third kappa shape index (κ3) is 2.09. The summed E-state index contributed by atoms with van der Waals surface area (Å²) in [4.78, 5) is 4.34. The Labute approximate surface area is 106 Å². The van der Waals surface area contributed by atoms with Crippen molar-refractivity contribution in [2.24, 2.45) is 5.92 Å². The van der Waals surface area contributed by atoms with E-state index in [0.717, 1.165) is 22.5 Å². The molecule has 3 rings (SSSR count). The molecule has 1 aliphatic carbocycles. The molecule has 88 valence electrons. The molecule has 1 unspecified atom stereocenters. The lowest BCUT2D eigenvalue weighted by atomic mass is 10.1. The minimum Gasteiger partial charge on any atom is -0.382 e. The van der Waals surface area contributed by atoms with Gasteiger partial charge < -0.3 is 5.32 Å². The number of hydrogen-bond acceptors (Lipinski definition) is 2. The lowest BCUT2D eigenvalue weighted by Crippen LogP contribution is -2.17. The molecule has 1 heterocycles. The first-order valence-corrected chi connectivity index (χ1v) is 6.43. The molecule has 0 bridgehead atoms. The number of anilines is 1. The second kappa shape index (κ2) is 4.19. The molecule has 1 aromatic carbocycles. The number of benzene rings is 1. The number of nitrogens with one attached hydrogen (secondary N) is 1. The Bertz CT molecular complexity index is 549. The van der Waals surface area contributed by atoms with Gasteiger partial charge in [-0.1, -0.05) is 11.6 Å². The number of hydrogen-bond donors (Lipinski definition) is 1. The fraction of sp³-hybridized carbons (Fsp3) is 0.357. The van der Waals surface area contributed by atoms with Gasteiger partial charge in [0.15, 0.2) is 0 Å². The average Bonchev–Trinajstić information content (AvgIpc) is 3.17. The van der Waals surface area contributed by atoms with Gasteiger partial charge in [0.2, 0.25) is 0 Å². The van der Waals surface area contributed by atoms with Gasteiger partial charge in [-0.2, -0.15) is 0 Å². The minimum atomic E-state index is 0.527. The molecular formula is C14H15ClN2. The predicted octanol–water partition coefficient (Wildman–Crippen LogP) is 4.10. The van der Waals surface area contributed by atoms with Crippen molar-refractivity contribution in [1.82, 2.24) is 4.98 Å². The topological polar surface area (TPSA) is 24.9 Å². The van der Waals surface area contributed by atoms with Crippen LogP contribution in [0.4, 0.5) is 5.69 Å². The third-order valence-electron chi connectivity index (χ3n) is 3.43. The highest BCUT2D eigenvalue weighted by Crippen LogP contribution is 2.35. The Morgan fingerprint density at radius 1 is 1.35 bits per heavy atom. The summed E-state index contributed by atoms with van der Waals surface area (Å²) in [5.41, 5.74) is 2.01. The van der Waals surface area contributed by atoms with Gasteiger partial charge in [-0.15, -0.1) is 0 Å². The van der Waals surface area contributed by atoms with Crippen molar-refractivity contribution in [3.8, 4) is 0 Å². The maximum absolute atomic E-state index is 6.15. The molecule has 0 amide bonds. The standard InChI is InChI=1S/C14H15ClN2/c1-9(10-4-5-10)17-13-7-6-12(15)14-11(13)3-2-8-16-14/h2-3,6-10,17H,4-5H2,1H3. The van der Waals surface area contributed by atoms with Crippen LogP contribution in [-0.2, 0) is 0 Å². The van der Waals surface area contributed by atoms with Crippen LogP contribution in [-0.4, -0.2) is 11.0 Å². The molecule has 1 saturated carbocycles. The molecular weight excluding hydrogens is 232 g/mol. The zero-order valence-electron chi connectivity index (χ0n) is 9.78. The molecule has 17 heavy (non-hydrogen) atoms. The normalized spacial score (nSPS) is 17.1. The van der Waals surface area contributed by atoms with Crippen LogP contribution in [0, 0.1) is 5.92 Å². The number of fused-ring (bicyclic) bond motifs is 1. The molecule has 0 radical (unpaired) electrons. The van der Waals surface area contributed by atoms with Crippen LogP contribution in [0.15, 0.2) is 30.5 Å². The highest BCUT2D eigenvalue weighted by Gasteiger charge is 2.28. The first-order valence-electron chi connectivity index (χ1n) is 6.05. The molecule has 1 aliphatic rings. The van der Waals surface area contributed by atoms with Crippen molar-refractivity contribution in [2.75, 3.05) is 5.32 Å². The van der Waals surface area contributed by atoms with E-state index in [2.05, 4.69) is 23.3 Å². The molecule has 1 atom stereocenters. The van der Waals surface area contributed by atoms with E-state index in [1.165, 1.54) is 12.8 Å². The van der Waals surface area contributed by atoms with Crippen LogP contribution in [0.2, 0.25) is 5.02 Å². The summed E-state index contributed by atoms with van der Waals surface area (Å²) in [6, 6.07) is 8.51. The first-order chi connectivity index (χ1) is 8.25. The minimum absolute atomic E-state index is 0.527. The van der Waals surface area contributed by atoms with Crippen LogP contribution < -0.4 is 5.32 Å². The van der Waals surface area contributed by atoms with E-state index in [0.29, 0.717) is 11.1 Å². The molecule has 1 N–H and O–H groups in total. The lowest BCUT2D eigenvalue weighted by Gasteiger charge is -2.16. The number of halogens is 1. The summed E-state index contributed by atoms with van der Waals surface area (Å²) in [5.74, 6) is 0.831. The van der Waals surface area contributed by atoms with Gasteiger partial charge in [0.25, 0.3) is 0 Å². The summed E-state index contributed by atoms with van der Waals surface area (Å²) in [6.07, 6.45) is 4.47. The average molecular weight is 247 g/mol. The Morgan fingerprint density at radius 3 is 2.94 bits per heavy atom. The van der Waals surface area contributed by atoms with Gasteiger partial charge >= 0.3 is 0 Å². The molecule has 3 heteroatoms. The first kappa shape index (κ1) is 10.8. The maximum atomic E-state index is 6.15. The van der Waals surface area contributed by atoms with Crippen LogP contribution in [0.5, 0.6) is 0 Å². The van der Waals surface area contributed by atoms with E-state index in [1.54, 1.807) is 6.20 Å². The molecule has 2 nitrogen and oxygen atoms in total. The summed E-state index contributed by atoms with van der Waals surface area (Å²) in [6.45, 7) is 2.24. The lowest BCUT2D eigenvalue weighted by molar-refractivity contribution is 0.695. The predicted molar refractivity (Wildman–Crippen MR) is 72.6 cm³/mol. The van der Waals surface area contributed by atoms with Crippen LogP contribution >= 0.6 is 11.6 Å². The van der Waals surface area contributed by atoms with Gasteiger partial charge in [-0.05, 0) is 49.9 Å². The van der Waals surface area contributed by atoms with Gasteiger partial charge in [0.05, 0.1) is 10.5 Å². The van der Waals surface area contributed by atoms with E-state index in [4.69, 9.17) is 11.6 Å². The maximum Gasteiger partial charge on any atom is 0.0908 e. The second-order valence-electron chi connectivity index (χ2n) is 4.76. The van der Waals surface area contributed by atoms with Gasteiger partial charge in [0, 0.05) is 23.3 Å². The quantitative estimate of drug-likeness (QED) is 0.882. The highest BCUT2D eigenvalue weighted by atomic mass is 35.5. The molecule has 0 aliphatic heterocycles. The van der Waals surface area contributed by atoms with Gasteiger partial charge in [-0.3, -0.25) is 4.98 Å². The Hall–Kier alpha value is -1.28. The Balaban J connectivity index is 2.01. The van der Waals surface area contributed by atoms with Crippen LogP contribution in [0.25, 0.3) is 10.9 Å². The van der Waals surface area contributed by atoms with Crippen LogP contribution in [0.1, 0.15) is 19.8 Å². The largest absolute Gasteiger partial charge is 0.382 e. The van der Waals surface area contributed by atoms with Crippen molar-refractivity contribution in [2.45, 2.75) is 25.8 Å². The van der Waals surface area contributed by atoms with Crippen LogP contribution in [0.3, 0.4) is 0 Å². The molecule has 0 saturated heterocycles. The van der Waals surface area contributed by atoms with E-state index in [-0.39, 0.29) is 0 Å². The van der Waals surface area contributed by atoms with Crippen molar-refractivity contribution >= 4 is 28.2 Å². The van der Waals surface area contributed by atoms with Crippen molar-refractivity contribution in [3.05, 3.63) is 35.5 Å². The fourth-order valence-corrected chi connectivity index (χ4v) is 2.44. The van der Waals surface area contributed by atoms with Gasteiger partial charge in [0.1, 0.15) is 0 Å². The van der Waals surface area contributed by atoms with Crippen molar-refractivity contribution < 1.29 is 0 Å². The molecule has 1 aromatic heterocycles. The monoisotopic (exact) mass is 246 g/mol. The zero-order chi connectivity index (χ0) is 11.8. The Kier molecular flexibility index (Phi) is 2.67. The van der Waals surface area contributed by atoms with E-state index in [9.17, 15) is 0 Å². The number of rotatable bonds is 3. The smallest absolute Gasteiger partial charge is 0.0908 e. The van der Waals surface area contributed by atoms with E-state index >= 15 is 0 Å². The second-order valence-corrected chi connectivity index (χ2v) is 5.17. The summed E-state index contributed by atoms with van der Waals surface area (Å²) < 4.78 is 0. The van der Waals surface area contributed by atoms with E-state index in [1.807, 2.05) is 18.2 Å². The van der Waals surface area contributed by atoms with Crippen molar-refractivity contribution in [1.29, 1.82) is 0 Å². The SMILES string of the molecule is CC(Nc1ccc(Cl)c2ncccc12)C1CC1. The van der Waals surface area contributed by atoms with Crippen molar-refractivity contribution in [3.63, 3.8) is 0 Å². The fourth-order valence-electron chi connectivity index (χ4n) is 2.22. The molecule has 0 spiro atoms. The summed E-state index contributed by atoms with van der Waals surface area (Å²) >= 11 is 6.15. The summed E-state index contributed by atoms with van der Waals surface area (Å²) in [7, 11) is 0. The number of pyridine rings is 1. The Morgan fingerprint density at radius 2 is 2.18 bits per heavy atom.